The van der Waals surface area contributed by atoms with E-state index in [1.165, 1.54) is 4.90 Å². The van der Waals surface area contributed by atoms with Gasteiger partial charge in [0.1, 0.15) is 30.3 Å². The van der Waals surface area contributed by atoms with E-state index in [0.717, 1.165) is 24.0 Å². The molecule has 16 heteroatoms. The number of anilines is 1. The monoisotopic (exact) mass is 738 g/mol. The summed E-state index contributed by atoms with van der Waals surface area (Å²) in [4.78, 5) is 62.3. The zero-order valence-electron chi connectivity index (χ0n) is 29.5. The quantitative estimate of drug-likeness (QED) is 0.318. The molecule has 2 saturated carbocycles. The minimum absolute atomic E-state index is 0.0168. The molecule has 4 heterocycles. The Bertz CT molecular complexity index is 1920. The normalized spacial score (nSPS) is 30.8. The highest BCUT2D eigenvalue weighted by atomic mass is 32.2. The average Bonchev–Trinajstić information content (AvgIpc) is 4.02. The first-order chi connectivity index (χ1) is 24.8. The number of benzene rings is 1. The van der Waals surface area contributed by atoms with Gasteiger partial charge in [0, 0.05) is 36.4 Å². The number of aromatic nitrogens is 1. The van der Waals surface area contributed by atoms with Crippen LogP contribution in [0.4, 0.5) is 10.5 Å². The molecule has 7 atom stereocenters. The number of nitrogens with one attached hydrogen (secondary N) is 3. The summed E-state index contributed by atoms with van der Waals surface area (Å²) in [6.07, 6.45) is 6.38. The summed E-state index contributed by atoms with van der Waals surface area (Å²) in [6.45, 7) is 5.05. The number of carboxylic acid groups (broad SMARTS) is 1. The molecule has 280 valence electrons. The standard InChI is InChI=1S/C36H46N6O9S/c1-20-6-4-5-7-22-18-36(22,34(45)40-52(48,49)24-8-9-24)39-31(43)28-17-23(19-42(28)33(44)29(21(2)16-20)38-35(46)47)51-32-26-10-11-27-30(25(26)12-13-37-32)50-15-14-41(27)3/h5,7,10-13,20-24,28-29,38H,4,6,8-9,14-19H2,1-3H3,(H,39,43)(H,40,45)(H,46,47)/t20-,21-,22-,23-,28+,29+,36-/m1/s1. The fraction of sp³-hybridized carbons (Fsp3) is 0.583. The Kier molecular flexibility index (Phi) is 9.46. The smallest absolute Gasteiger partial charge is 0.405 e. The SMILES string of the molecule is C[C@@H]1CCC=C[C@@H]2C[C@@]2(C(=O)NS(=O)(=O)C2CC2)NC(=O)[C@@H]2C[C@@H](Oc3nccc4c5c(ccc34)N(C)CCO5)CN2C(=O)[C@@H](NC(=O)O)[C@H](C)C1. The second-order valence-corrected chi connectivity index (χ2v) is 17.0. The van der Waals surface area contributed by atoms with Gasteiger partial charge < -0.3 is 35.0 Å². The number of hydrogen-bond donors (Lipinski definition) is 4. The van der Waals surface area contributed by atoms with E-state index in [4.69, 9.17) is 9.47 Å². The fourth-order valence-electron chi connectivity index (χ4n) is 7.93. The third-order valence-corrected chi connectivity index (χ3v) is 12.9. The van der Waals surface area contributed by atoms with Crippen molar-refractivity contribution in [2.24, 2.45) is 17.8 Å². The van der Waals surface area contributed by atoms with E-state index in [1.807, 2.05) is 51.2 Å². The highest BCUT2D eigenvalue weighted by molar-refractivity contribution is 7.91. The number of sulfonamides is 1. The number of carbonyl (C=O) groups is 4. The number of fused-ring (bicyclic) bond motifs is 5. The largest absolute Gasteiger partial charge is 0.489 e. The van der Waals surface area contributed by atoms with Crippen LogP contribution >= 0.6 is 0 Å². The molecule has 5 aliphatic rings. The van der Waals surface area contributed by atoms with Crippen LogP contribution in [-0.2, 0) is 24.4 Å². The molecular weight excluding hydrogens is 692 g/mol. The first-order valence-corrected chi connectivity index (χ1v) is 19.6. The third kappa shape index (κ3) is 6.96. The maximum Gasteiger partial charge on any atom is 0.405 e. The van der Waals surface area contributed by atoms with Gasteiger partial charge in [-0.25, -0.2) is 18.2 Å². The lowest BCUT2D eigenvalue weighted by Gasteiger charge is -2.32. The summed E-state index contributed by atoms with van der Waals surface area (Å²) >= 11 is 0. The van der Waals surface area contributed by atoms with Gasteiger partial charge in [0.05, 0.1) is 24.0 Å². The van der Waals surface area contributed by atoms with Crippen molar-refractivity contribution in [1.82, 2.24) is 25.2 Å². The number of nitrogens with zero attached hydrogens (tertiary/aromatic N) is 3. The van der Waals surface area contributed by atoms with Gasteiger partial charge in [-0.1, -0.05) is 26.0 Å². The lowest BCUT2D eigenvalue weighted by Crippen LogP contribution is -2.59. The summed E-state index contributed by atoms with van der Waals surface area (Å²) < 4.78 is 40.3. The van der Waals surface area contributed by atoms with Crippen molar-refractivity contribution >= 4 is 50.3 Å². The van der Waals surface area contributed by atoms with Crippen molar-refractivity contribution in [1.29, 1.82) is 0 Å². The molecule has 0 radical (unpaired) electrons. The van der Waals surface area contributed by atoms with Gasteiger partial charge in [0.2, 0.25) is 27.7 Å². The van der Waals surface area contributed by atoms with Gasteiger partial charge in [0.25, 0.3) is 5.91 Å². The van der Waals surface area contributed by atoms with Crippen LogP contribution in [0.5, 0.6) is 11.6 Å². The molecule has 1 aromatic heterocycles. The Morgan fingerprint density at radius 1 is 1.12 bits per heavy atom. The first kappa shape index (κ1) is 35.8. The van der Waals surface area contributed by atoms with E-state index in [2.05, 4.69) is 25.2 Å². The number of allylic oxidation sites excluding steroid dienone is 1. The number of likely N-dealkylation sites (N-methyl/N-ethyl adjacent to an activating group) is 1. The number of amides is 4. The van der Waals surface area contributed by atoms with Crippen LogP contribution in [0.15, 0.2) is 36.5 Å². The lowest BCUT2D eigenvalue weighted by atomic mass is 9.88. The topological polar surface area (TPSA) is 197 Å². The number of hydrogen-bond acceptors (Lipinski definition) is 10. The number of rotatable bonds is 6. The van der Waals surface area contributed by atoms with Crippen molar-refractivity contribution < 1.29 is 42.2 Å². The van der Waals surface area contributed by atoms with Crippen molar-refractivity contribution in [2.75, 3.05) is 31.6 Å². The van der Waals surface area contributed by atoms with E-state index >= 15 is 0 Å². The van der Waals surface area contributed by atoms with E-state index in [-0.39, 0.29) is 31.2 Å². The van der Waals surface area contributed by atoms with Crippen LogP contribution in [0.1, 0.15) is 58.8 Å². The van der Waals surface area contributed by atoms with Gasteiger partial charge >= 0.3 is 6.09 Å². The second kappa shape index (κ2) is 13.7. The molecule has 4 N–H and O–H groups in total. The zero-order valence-corrected chi connectivity index (χ0v) is 30.4. The van der Waals surface area contributed by atoms with Crippen molar-refractivity contribution in [2.45, 2.75) is 87.8 Å². The maximum absolute atomic E-state index is 14.4. The first-order valence-electron chi connectivity index (χ1n) is 18.0. The van der Waals surface area contributed by atoms with Gasteiger partial charge in [-0.15, -0.1) is 0 Å². The molecule has 1 saturated heterocycles. The van der Waals surface area contributed by atoms with Crippen molar-refractivity contribution in [3.05, 3.63) is 36.5 Å². The van der Waals surface area contributed by atoms with E-state index in [0.29, 0.717) is 43.4 Å². The van der Waals surface area contributed by atoms with Crippen LogP contribution in [0.2, 0.25) is 0 Å². The predicted octanol–water partition coefficient (Wildman–Crippen LogP) is 2.54. The van der Waals surface area contributed by atoms with Gasteiger partial charge in [-0.2, -0.15) is 0 Å². The molecule has 15 nitrogen and oxygen atoms in total. The molecule has 4 amide bonds. The van der Waals surface area contributed by atoms with Crippen molar-refractivity contribution in [3.63, 3.8) is 0 Å². The molecule has 3 fully saturated rings. The van der Waals surface area contributed by atoms with Crippen LogP contribution in [0.3, 0.4) is 0 Å². The summed E-state index contributed by atoms with van der Waals surface area (Å²) in [5, 5.41) is 15.9. The Hall–Kier alpha value is -4.60. The molecule has 0 bridgehead atoms. The minimum Gasteiger partial charge on any atom is -0.489 e. The summed E-state index contributed by atoms with van der Waals surface area (Å²) in [5.41, 5.74) is -0.591. The van der Waals surface area contributed by atoms with Gasteiger partial charge in [-0.3, -0.25) is 19.1 Å². The summed E-state index contributed by atoms with van der Waals surface area (Å²) in [7, 11) is -1.91. The molecule has 7 rings (SSSR count). The van der Waals surface area contributed by atoms with Crippen LogP contribution in [-0.4, -0.2) is 103 Å². The fourth-order valence-corrected chi connectivity index (χ4v) is 9.29. The van der Waals surface area contributed by atoms with Crippen molar-refractivity contribution in [3.8, 4) is 11.6 Å². The number of pyridine rings is 1. The van der Waals surface area contributed by atoms with E-state index in [9.17, 15) is 32.7 Å². The maximum atomic E-state index is 14.4. The molecule has 52 heavy (non-hydrogen) atoms. The average molecular weight is 739 g/mol. The molecule has 2 aromatic rings. The molecule has 1 aromatic carbocycles. The number of carbonyl (C=O) groups excluding carboxylic acids is 3. The Labute approximate surface area is 302 Å². The molecule has 0 spiro atoms. The second-order valence-electron chi connectivity index (χ2n) is 15.1. The lowest BCUT2D eigenvalue weighted by molar-refractivity contribution is -0.142. The zero-order chi connectivity index (χ0) is 36.9. The van der Waals surface area contributed by atoms with E-state index < -0.39 is 74.7 Å². The van der Waals surface area contributed by atoms with Crippen LogP contribution in [0, 0.1) is 17.8 Å². The minimum atomic E-state index is -3.90. The summed E-state index contributed by atoms with van der Waals surface area (Å²) in [6, 6.07) is 3.36. The molecule has 0 unspecified atom stereocenters. The summed E-state index contributed by atoms with van der Waals surface area (Å²) in [5.74, 6) is -1.78. The van der Waals surface area contributed by atoms with Crippen LogP contribution in [0.25, 0.3) is 10.8 Å². The number of ether oxygens (including phenoxy) is 2. The Morgan fingerprint density at radius 2 is 1.90 bits per heavy atom. The predicted molar refractivity (Wildman–Crippen MR) is 190 cm³/mol. The molecular formula is C36H46N6O9S. The van der Waals surface area contributed by atoms with E-state index in [1.54, 1.807) is 6.20 Å². The van der Waals surface area contributed by atoms with Gasteiger partial charge in [-0.05, 0) is 68.6 Å². The highest BCUT2D eigenvalue weighted by Gasteiger charge is 2.62. The Balaban J connectivity index is 1.21. The molecule has 2 aliphatic carbocycles. The third-order valence-electron chi connectivity index (χ3n) is 11.1. The highest BCUT2D eigenvalue weighted by Crippen LogP contribution is 2.46. The van der Waals surface area contributed by atoms with Crippen LogP contribution < -0.4 is 29.7 Å². The van der Waals surface area contributed by atoms with Gasteiger partial charge in [0.15, 0.2) is 5.75 Å². The molecule has 3 aliphatic heterocycles. The Morgan fingerprint density at radius 3 is 2.65 bits per heavy atom.